The topological polar surface area (TPSA) is 273 Å². The molecule has 0 aliphatic heterocycles. The van der Waals surface area contributed by atoms with Gasteiger partial charge in [0, 0.05) is 18.6 Å². The maximum atomic E-state index is 13.0. The van der Waals surface area contributed by atoms with Crippen LogP contribution in [-0.4, -0.2) is 114 Å². The van der Waals surface area contributed by atoms with Gasteiger partial charge in [0.15, 0.2) is 5.12 Å². The molecule has 0 aromatic heterocycles. The lowest BCUT2D eigenvalue weighted by atomic mass is 9.85. The van der Waals surface area contributed by atoms with Crippen molar-refractivity contribution in [1.29, 1.82) is 0 Å². The first-order chi connectivity index (χ1) is 30.5. The van der Waals surface area contributed by atoms with Gasteiger partial charge in [0.1, 0.15) is 42.7 Å². The molecule has 1 fully saturated rings. The summed E-state index contributed by atoms with van der Waals surface area (Å²) >= 11 is 1.46. The minimum absolute atomic E-state index is 0.0286. The number of thioether (sulfide) groups is 1. The Morgan fingerprint density at radius 1 is 0.531 bits per heavy atom. The van der Waals surface area contributed by atoms with Crippen molar-refractivity contribution < 1.29 is 81.7 Å². The molecule has 1 rings (SSSR count). The van der Waals surface area contributed by atoms with Gasteiger partial charge in [-0.25, -0.2) is 9.13 Å². The summed E-state index contributed by atoms with van der Waals surface area (Å²) in [6.07, 6.45) is 13.6. The molecule has 8 atom stereocenters. The van der Waals surface area contributed by atoms with Crippen LogP contribution in [0.3, 0.4) is 0 Å². The van der Waals surface area contributed by atoms with Crippen LogP contribution in [0.25, 0.3) is 0 Å². The predicted octanol–water partition coefficient (Wildman–Crippen LogP) is 8.49. The summed E-state index contributed by atoms with van der Waals surface area (Å²) in [6, 6.07) is 0. The summed E-state index contributed by atoms with van der Waals surface area (Å²) in [5.41, 5.74) is 0. The van der Waals surface area contributed by atoms with Crippen LogP contribution < -0.4 is 0 Å². The molecular formula is C44H84O17P2S. The highest BCUT2D eigenvalue weighted by molar-refractivity contribution is 8.13. The second-order valence-electron chi connectivity index (χ2n) is 17.1. The van der Waals surface area contributed by atoms with Gasteiger partial charge in [0.05, 0.1) is 19.6 Å². The van der Waals surface area contributed by atoms with E-state index >= 15 is 0 Å². The number of aliphatic hydroxyl groups excluding tert-OH is 4. The molecule has 20 heteroatoms. The van der Waals surface area contributed by atoms with Crippen molar-refractivity contribution in [3.63, 3.8) is 0 Å². The summed E-state index contributed by atoms with van der Waals surface area (Å²) in [6.45, 7) is 3.49. The molecule has 0 heterocycles. The average molecular weight is 979 g/mol. The molecule has 0 spiro atoms. The Bertz CT molecular complexity index is 1320. The number of esters is 2. The van der Waals surface area contributed by atoms with E-state index in [1.165, 1.54) is 95.2 Å². The molecule has 0 aromatic carbocycles. The Labute approximate surface area is 386 Å². The molecule has 17 nitrogen and oxygen atoms in total. The van der Waals surface area contributed by atoms with Gasteiger partial charge in [0.25, 0.3) is 0 Å². The van der Waals surface area contributed by atoms with Gasteiger partial charge in [-0.2, -0.15) is 0 Å². The van der Waals surface area contributed by atoms with Gasteiger partial charge in [-0.3, -0.25) is 28.0 Å². The van der Waals surface area contributed by atoms with Gasteiger partial charge in [-0.15, -0.1) is 0 Å². The number of unbranched alkanes of at least 4 members (excludes halogenated alkanes) is 23. The number of phosphoric acid groups is 2. The zero-order chi connectivity index (χ0) is 47.6. The molecule has 0 saturated heterocycles. The molecule has 4 unspecified atom stereocenters. The van der Waals surface area contributed by atoms with Crippen LogP contribution in [0.4, 0.5) is 0 Å². The van der Waals surface area contributed by atoms with E-state index in [2.05, 4.69) is 11.4 Å². The van der Waals surface area contributed by atoms with Crippen LogP contribution in [0.5, 0.6) is 0 Å². The number of hydrogen-bond donors (Lipinski definition) is 7. The van der Waals surface area contributed by atoms with Gasteiger partial charge in [0.2, 0.25) is 0 Å². The Morgan fingerprint density at radius 2 is 0.984 bits per heavy atom. The van der Waals surface area contributed by atoms with E-state index in [0.29, 0.717) is 24.4 Å². The Balaban J connectivity index is 2.54. The molecule has 0 aromatic rings. The molecule has 1 saturated carbocycles. The molecule has 0 radical (unpaired) electrons. The summed E-state index contributed by atoms with van der Waals surface area (Å²) in [4.78, 5) is 66.0. The van der Waals surface area contributed by atoms with Crippen LogP contribution in [0, 0.1) is 0 Å². The Morgan fingerprint density at radius 3 is 1.47 bits per heavy atom. The third-order valence-electron chi connectivity index (χ3n) is 11.2. The smallest absolute Gasteiger partial charge is 0.466 e. The van der Waals surface area contributed by atoms with Crippen LogP contribution >= 0.6 is 27.4 Å². The normalized spacial score (nSPS) is 21.6. The molecule has 64 heavy (non-hydrogen) atoms. The van der Waals surface area contributed by atoms with Crippen molar-refractivity contribution in [2.24, 2.45) is 0 Å². The first kappa shape index (κ1) is 61.0. The zero-order valence-corrected chi connectivity index (χ0v) is 41.3. The Hall–Kier alpha value is -0.980. The van der Waals surface area contributed by atoms with Crippen molar-refractivity contribution in [2.45, 2.75) is 243 Å². The zero-order valence-electron chi connectivity index (χ0n) is 38.7. The minimum Gasteiger partial charge on any atom is -0.466 e. The first-order valence-corrected chi connectivity index (χ1v) is 28.1. The molecular weight excluding hydrogens is 894 g/mol. The fraction of sp³-hybridized carbons (Fsp3) is 0.932. The Kier molecular flexibility index (Phi) is 35.3. The van der Waals surface area contributed by atoms with E-state index in [4.69, 9.17) is 28.3 Å². The molecule has 0 bridgehead atoms. The quantitative estimate of drug-likeness (QED) is 0.0172. The first-order valence-electron chi connectivity index (χ1n) is 24.1. The number of ether oxygens (including phenoxy) is 2. The van der Waals surface area contributed by atoms with E-state index < -0.39 is 83.3 Å². The van der Waals surface area contributed by atoms with E-state index in [-0.39, 0.29) is 13.0 Å². The maximum Gasteiger partial charge on any atom is 0.472 e. The molecule has 0 amide bonds. The summed E-state index contributed by atoms with van der Waals surface area (Å²) < 4.78 is 49.4. The van der Waals surface area contributed by atoms with E-state index in [1.807, 2.05) is 6.92 Å². The van der Waals surface area contributed by atoms with Crippen molar-refractivity contribution >= 4 is 44.5 Å². The number of hydrogen-bond acceptors (Lipinski definition) is 15. The molecule has 378 valence electrons. The van der Waals surface area contributed by atoms with E-state index in [9.17, 15) is 48.8 Å². The third kappa shape index (κ3) is 31.1. The fourth-order valence-electron chi connectivity index (χ4n) is 7.48. The standard InChI is InChI=1S/C44H84O17P2S/c1-3-5-6-7-8-9-10-11-14-17-20-23-26-30-36(45)59-35(34-58-63(55,56)61-44-41(50)39(48)40(49)43(42(44)51)60-62(52,53)54)33-37(46)57-31-27-24-21-18-15-12-13-16-19-22-25-28-32-64-38(47)29-4-2/h35,39-44,48-51H,3-34H2,1-2H3,(H,55,56)(H2,52,53,54)/t35-,39-,40?,41?,42+,43+,44?/m1/s1. The minimum atomic E-state index is -5.37. The van der Waals surface area contributed by atoms with Crippen molar-refractivity contribution in [3.05, 3.63) is 0 Å². The lowest BCUT2D eigenvalue weighted by Crippen LogP contribution is -2.64. The van der Waals surface area contributed by atoms with Gasteiger partial charge in [-0.05, 0) is 25.7 Å². The third-order valence-corrected chi connectivity index (χ3v) is 13.7. The lowest BCUT2D eigenvalue weighted by Gasteiger charge is -2.43. The van der Waals surface area contributed by atoms with Crippen LogP contribution in [0.2, 0.25) is 0 Å². The van der Waals surface area contributed by atoms with Crippen LogP contribution in [0.1, 0.15) is 200 Å². The number of carbonyl (C=O) groups is 3. The van der Waals surface area contributed by atoms with Crippen molar-refractivity contribution in [3.8, 4) is 0 Å². The van der Waals surface area contributed by atoms with Crippen molar-refractivity contribution in [2.75, 3.05) is 19.0 Å². The summed E-state index contributed by atoms with van der Waals surface area (Å²) in [5, 5.41) is 41.5. The van der Waals surface area contributed by atoms with Crippen molar-refractivity contribution in [1.82, 2.24) is 0 Å². The highest BCUT2D eigenvalue weighted by Crippen LogP contribution is 2.49. The van der Waals surface area contributed by atoms with Gasteiger partial charge < -0.3 is 44.6 Å². The van der Waals surface area contributed by atoms with Crippen LogP contribution in [0.15, 0.2) is 0 Å². The molecule has 1 aliphatic rings. The van der Waals surface area contributed by atoms with Crippen LogP contribution in [-0.2, 0) is 46.6 Å². The van der Waals surface area contributed by atoms with Gasteiger partial charge in [-0.1, -0.05) is 167 Å². The monoisotopic (exact) mass is 978 g/mol. The second kappa shape index (κ2) is 37.0. The maximum absolute atomic E-state index is 13.0. The number of rotatable bonds is 41. The second-order valence-corrected chi connectivity index (χ2v) is 20.8. The summed E-state index contributed by atoms with van der Waals surface area (Å²) in [7, 11) is -10.7. The largest absolute Gasteiger partial charge is 0.472 e. The molecule has 1 aliphatic carbocycles. The fourth-order valence-corrected chi connectivity index (χ4v) is 9.95. The number of carbonyl (C=O) groups excluding carboxylic acids is 3. The molecule has 7 N–H and O–H groups in total. The predicted molar refractivity (Wildman–Crippen MR) is 245 cm³/mol. The highest BCUT2D eigenvalue weighted by Gasteiger charge is 2.54. The highest BCUT2D eigenvalue weighted by atomic mass is 32.2. The summed E-state index contributed by atoms with van der Waals surface area (Å²) in [5.74, 6) is -0.493. The van der Waals surface area contributed by atoms with Gasteiger partial charge >= 0.3 is 27.6 Å². The lowest BCUT2D eigenvalue weighted by molar-refractivity contribution is -0.216. The van der Waals surface area contributed by atoms with E-state index in [1.54, 1.807) is 0 Å². The average Bonchev–Trinajstić information content (AvgIpc) is 3.23. The number of aliphatic hydroxyl groups is 4. The SMILES string of the molecule is CCCCCCCCCCCCCCCC(=O)O[C@@H](COP(=O)(O)OC1C(O)[C@H](O)C(O)[C@H](OP(=O)(O)O)[C@@H]1O)CC(=O)OCCCCCCCCCCCCCCSC(=O)CCC. The van der Waals surface area contributed by atoms with E-state index in [0.717, 1.165) is 76.4 Å². The number of phosphoric ester groups is 2.